The zero-order chi connectivity index (χ0) is 15.8. The molecule has 2 amide bonds. The predicted octanol–water partition coefficient (Wildman–Crippen LogP) is 1.21. The van der Waals surface area contributed by atoms with Gasteiger partial charge in [0.15, 0.2) is 0 Å². The van der Waals surface area contributed by atoms with Crippen molar-refractivity contribution >= 4 is 11.8 Å². The Balaban J connectivity index is 2.23. The van der Waals surface area contributed by atoms with Crippen LogP contribution in [0.15, 0.2) is 24.3 Å². The molecule has 0 saturated heterocycles. The summed E-state index contributed by atoms with van der Waals surface area (Å²) in [5.74, 6) is 0.0564. The minimum atomic E-state index is -0.136. The summed E-state index contributed by atoms with van der Waals surface area (Å²) >= 11 is 0. The van der Waals surface area contributed by atoms with E-state index < -0.39 is 0 Å². The number of hydrogen-bond acceptors (Lipinski definition) is 3. The number of rotatable bonds is 7. The molecule has 5 heteroatoms. The molecule has 0 aliphatic carbocycles. The van der Waals surface area contributed by atoms with Gasteiger partial charge in [-0.2, -0.15) is 0 Å². The van der Waals surface area contributed by atoms with E-state index in [2.05, 4.69) is 10.6 Å². The average molecular weight is 291 g/mol. The molecule has 0 aliphatic heterocycles. The molecule has 0 saturated carbocycles. The monoisotopic (exact) mass is 291 g/mol. The molecule has 0 radical (unpaired) electrons. The van der Waals surface area contributed by atoms with Crippen molar-refractivity contribution in [1.29, 1.82) is 0 Å². The number of carbonyl (C=O) groups excluding carboxylic acids is 2. The Morgan fingerprint density at radius 2 is 1.67 bits per heavy atom. The first-order valence-electron chi connectivity index (χ1n) is 7.27. The fraction of sp³-hybridized carbons (Fsp3) is 0.500. The van der Waals surface area contributed by atoms with E-state index in [9.17, 15) is 9.59 Å². The SMILES string of the molecule is Cc1ccc(C(=O)NCCNC(=O)CC(N)C(C)C)cc1. The van der Waals surface area contributed by atoms with Crippen LogP contribution in [0.4, 0.5) is 0 Å². The summed E-state index contributed by atoms with van der Waals surface area (Å²) in [5, 5.41) is 5.52. The lowest BCUT2D eigenvalue weighted by Gasteiger charge is -2.15. The highest BCUT2D eigenvalue weighted by Crippen LogP contribution is 2.03. The first kappa shape index (κ1) is 17.2. The van der Waals surface area contributed by atoms with Gasteiger partial charge >= 0.3 is 0 Å². The third kappa shape index (κ3) is 6.40. The summed E-state index contributed by atoms with van der Waals surface area (Å²) in [5.41, 5.74) is 7.56. The van der Waals surface area contributed by atoms with E-state index in [4.69, 9.17) is 5.73 Å². The Morgan fingerprint density at radius 3 is 2.24 bits per heavy atom. The molecule has 0 heterocycles. The summed E-state index contributed by atoms with van der Waals surface area (Å²) in [4.78, 5) is 23.4. The van der Waals surface area contributed by atoms with E-state index in [0.29, 0.717) is 25.1 Å². The van der Waals surface area contributed by atoms with Crippen LogP contribution in [0, 0.1) is 12.8 Å². The molecule has 116 valence electrons. The van der Waals surface area contributed by atoms with E-state index in [1.54, 1.807) is 12.1 Å². The predicted molar refractivity (Wildman–Crippen MR) is 84.0 cm³/mol. The van der Waals surface area contributed by atoms with Crippen LogP contribution in [0.2, 0.25) is 0 Å². The van der Waals surface area contributed by atoms with E-state index in [-0.39, 0.29) is 23.8 Å². The lowest BCUT2D eigenvalue weighted by Crippen LogP contribution is -2.38. The minimum Gasteiger partial charge on any atom is -0.354 e. The normalized spacial score (nSPS) is 12.0. The third-order valence-electron chi connectivity index (χ3n) is 3.32. The molecule has 0 bridgehead atoms. The summed E-state index contributed by atoms with van der Waals surface area (Å²) in [6.45, 7) is 6.75. The van der Waals surface area contributed by atoms with Gasteiger partial charge in [0.25, 0.3) is 5.91 Å². The maximum Gasteiger partial charge on any atom is 0.251 e. The fourth-order valence-corrected chi connectivity index (χ4v) is 1.71. The van der Waals surface area contributed by atoms with Crippen molar-refractivity contribution in [2.24, 2.45) is 11.7 Å². The second-order valence-corrected chi connectivity index (χ2v) is 5.58. The molecule has 1 unspecified atom stereocenters. The quantitative estimate of drug-likeness (QED) is 0.660. The van der Waals surface area contributed by atoms with Gasteiger partial charge in [0.05, 0.1) is 0 Å². The van der Waals surface area contributed by atoms with Gasteiger partial charge in [-0.3, -0.25) is 9.59 Å². The van der Waals surface area contributed by atoms with Crippen LogP contribution in [0.3, 0.4) is 0 Å². The number of nitrogens with one attached hydrogen (secondary N) is 2. The minimum absolute atomic E-state index is 0.0826. The second-order valence-electron chi connectivity index (χ2n) is 5.58. The smallest absolute Gasteiger partial charge is 0.251 e. The Kier molecular flexibility index (Phi) is 6.88. The number of nitrogens with two attached hydrogens (primary N) is 1. The van der Waals surface area contributed by atoms with Crippen LogP contribution < -0.4 is 16.4 Å². The first-order chi connectivity index (χ1) is 9.90. The van der Waals surface area contributed by atoms with Gasteiger partial charge in [-0.25, -0.2) is 0 Å². The Bertz CT molecular complexity index is 469. The zero-order valence-electron chi connectivity index (χ0n) is 13.0. The third-order valence-corrected chi connectivity index (χ3v) is 3.32. The molecule has 1 aromatic carbocycles. The van der Waals surface area contributed by atoms with Crippen molar-refractivity contribution in [3.05, 3.63) is 35.4 Å². The number of benzene rings is 1. The van der Waals surface area contributed by atoms with Gasteiger partial charge in [0.1, 0.15) is 0 Å². The highest BCUT2D eigenvalue weighted by molar-refractivity contribution is 5.94. The molecule has 0 aliphatic rings. The molecule has 1 rings (SSSR count). The van der Waals surface area contributed by atoms with Crippen LogP contribution in [0.5, 0.6) is 0 Å². The first-order valence-corrected chi connectivity index (χ1v) is 7.27. The summed E-state index contributed by atoms with van der Waals surface area (Å²) in [6, 6.07) is 7.22. The summed E-state index contributed by atoms with van der Waals surface area (Å²) in [6.07, 6.45) is 0.309. The number of carbonyl (C=O) groups is 2. The highest BCUT2D eigenvalue weighted by Gasteiger charge is 2.12. The van der Waals surface area contributed by atoms with E-state index in [1.165, 1.54) is 0 Å². The Morgan fingerprint density at radius 1 is 1.10 bits per heavy atom. The van der Waals surface area contributed by atoms with Crippen molar-refractivity contribution in [3.63, 3.8) is 0 Å². The van der Waals surface area contributed by atoms with E-state index in [1.807, 2.05) is 32.9 Å². The summed E-state index contributed by atoms with van der Waals surface area (Å²) in [7, 11) is 0. The molecule has 5 nitrogen and oxygen atoms in total. The van der Waals surface area contributed by atoms with Crippen LogP contribution in [0.1, 0.15) is 36.2 Å². The van der Waals surface area contributed by atoms with Crippen LogP contribution >= 0.6 is 0 Å². The average Bonchev–Trinajstić information content (AvgIpc) is 2.44. The zero-order valence-corrected chi connectivity index (χ0v) is 13.0. The molecule has 0 aromatic heterocycles. The molecule has 1 atom stereocenters. The molecule has 0 spiro atoms. The number of amides is 2. The Hall–Kier alpha value is -1.88. The van der Waals surface area contributed by atoms with Crippen molar-refractivity contribution in [1.82, 2.24) is 10.6 Å². The van der Waals surface area contributed by atoms with Crippen LogP contribution in [-0.2, 0) is 4.79 Å². The van der Waals surface area contributed by atoms with Gasteiger partial charge in [-0.05, 0) is 25.0 Å². The maximum absolute atomic E-state index is 11.8. The van der Waals surface area contributed by atoms with Crippen molar-refractivity contribution in [2.45, 2.75) is 33.2 Å². The molecule has 4 N–H and O–H groups in total. The van der Waals surface area contributed by atoms with Gasteiger partial charge in [-0.1, -0.05) is 31.5 Å². The van der Waals surface area contributed by atoms with Gasteiger partial charge < -0.3 is 16.4 Å². The number of hydrogen-bond donors (Lipinski definition) is 3. The van der Waals surface area contributed by atoms with Crippen LogP contribution in [0.25, 0.3) is 0 Å². The maximum atomic E-state index is 11.8. The van der Waals surface area contributed by atoms with Gasteiger partial charge in [0, 0.05) is 31.1 Å². The molecule has 21 heavy (non-hydrogen) atoms. The molecule has 0 fully saturated rings. The highest BCUT2D eigenvalue weighted by atomic mass is 16.2. The largest absolute Gasteiger partial charge is 0.354 e. The van der Waals surface area contributed by atoms with Crippen LogP contribution in [-0.4, -0.2) is 30.9 Å². The Labute approximate surface area is 126 Å². The number of aryl methyl sites for hydroxylation is 1. The van der Waals surface area contributed by atoms with Crippen molar-refractivity contribution in [3.8, 4) is 0 Å². The topological polar surface area (TPSA) is 84.2 Å². The molecule has 1 aromatic rings. The van der Waals surface area contributed by atoms with Gasteiger partial charge in [-0.15, -0.1) is 0 Å². The fourth-order valence-electron chi connectivity index (χ4n) is 1.71. The molecular formula is C16H25N3O2. The van der Waals surface area contributed by atoms with E-state index >= 15 is 0 Å². The van der Waals surface area contributed by atoms with Crippen molar-refractivity contribution < 1.29 is 9.59 Å². The lowest BCUT2D eigenvalue weighted by atomic mass is 10.0. The van der Waals surface area contributed by atoms with Gasteiger partial charge in [0.2, 0.25) is 5.91 Å². The lowest BCUT2D eigenvalue weighted by molar-refractivity contribution is -0.121. The standard InChI is InChI=1S/C16H25N3O2/c1-11(2)14(17)10-15(20)18-8-9-19-16(21)13-6-4-12(3)5-7-13/h4-7,11,14H,8-10,17H2,1-3H3,(H,18,20)(H,19,21). The van der Waals surface area contributed by atoms with E-state index in [0.717, 1.165) is 5.56 Å². The summed E-state index contributed by atoms with van der Waals surface area (Å²) < 4.78 is 0. The second kappa shape index (κ2) is 8.42. The van der Waals surface area contributed by atoms with Crippen molar-refractivity contribution in [2.75, 3.05) is 13.1 Å². The molecular weight excluding hydrogens is 266 g/mol.